The van der Waals surface area contributed by atoms with E-state index in [4.69, 9.17) is 18.0 Å². The van der Waals surface area contributed by atoms with Crippen LogP contribution in [-0.2, 0) is 0 Å². The first-order chi connectivity index (χ1) is 10.1. The molecular weight excluding hydrogens is 300 g/mol. The van der Waals surface area contributed by atoms with Gasteiger partial charge in [0.15, 0.2) is 0 Å². The first-order valence-corrected chi connectivity index (χ1v) is 7.56. The molecule has 3 aromatic rings. The highest BCUT2D eigenvalue weighted by Gasteiger charge is 2.10. The molecule has 21 heavy (non-hydrogen) atoms. The van der Waals surface area contributed by atoms with Crippen molar-refractivity contribution in [1.82, 2.24) is 0 Å². The molecule has 1 aromatic heterocycles. The van der Waals surface area contributed by atoms with Gasteiger partial charge in [0.2, 0.25) is 0 Å². The number of amides is 1. The normalized spacial score (nSPS) is 10.5. The number of carbonyl (C=O) groups is 1. The van der Waals surface area contributed by atoms with Crippen LogP contribution in [0.3, 0.4) is 0 Å². The zero-order valence-corrected chi connectivity index (χ0v) is 12.6. The molecule has 1 heterocycles. The van der Waals surface area contributed by atoms with E-state index >= 15 is 0 Å². The Morgan fingerprint density at radius 1 is 1.10 bits per heavy atom. The Balaban J connectivity index is 1.80. The van der Waals surface area contributed by atoms with Crippen LogP contribution in [0, 0.1) is 0 Å². The fraction of sp³-hybridized carbons (Fsp3) is 0. The summed E-state index contributed by atoms with van der Waals surface area (Å²) in [5.74, 6) is -0.112. The standard InChI is InChI=1S/C16H12N2OS2/c17-15(20)10-5-7-12(8-6-10)18-16(19)14-9-11-3-1-2-4-13(11)21-14/h1-9H,(H2,17,20)(H,18,19). The van der Waals surface area contributed by atoms with Crippen molar-refractivity contribution in [3.8, 4) is 0 Å². The van der Waals surface area contributed by atoms with Crippen LogP contribution in [0.1, 0.15) is 15.2 Å². The third-order valence-corrected chi connectivity index (χ3v) is 4.43. The summed E-state index contributed by atoms with van der Waals surface area (Å²) in [5.41, 5.74) is 7.05. The Hall–Kier alpha value is -2.24. The van der Waals surface area contributed by atoms with Crippen molar-refractivity contribution < 1.29 is 4.79 Å². The zero-order chi connectivity index (χ0) is 14.8. The fourth-order valence-electron chi connectivity index (χ4n) is 2.00. The van der Waals surface area contributed by atoms with Gasteiger partial charge in [-0.1, -0.05) is 30.4 Å². The van der Waals surface area contributed by atoms with Gasteiger partial charge in [-0.2, -0.15) is 0 Å². The summed E-state index contributed by atoms with van der Waals surface area (Å²) in [4.78, 5) is 13.3. The van der Waals surface area contributed by atoms with Crippen molar-refractivity contribution in [1.29, 1.82) is 0 Å². The van der Waals surface area contributed by atoms with Crippen LogP contribution in [-0.4, -0.2) is 10.9 Å². The molecule has 2 aromatic carbocycles. The lowest BCUT2D eigenvalue weighted by atomic mass is 10.2. The summed E-state index contributed by atoms with van der Waals surface area (Å²) in [5, 5.41) is 3.95. The highest BCUT2D eigenvalue weighted by Crippen LogP contribution is 2.26. The second-order valence-corrected chi connectivity index (χ2v) is 6.07. The largest absolute Gasteiger partial charge is 0.389 e. The molecule has 3 N–H and O–H groups in total. The lowest BCUT2D eigenvalue weighted by molar-refractivity contribution is 0.103. The van der Waals surface area contributed by atoms with E-state index in [1.165, 1.54) is 11.3 Å². The van der Waals surface area contributed by atoms with Gasteiger partial charge < -0.3 is 11.1 Å². The smallest absolute Gasteiger partial charge is 0.265 e. The van der Waals surface area contributed by atoms with Gasteiger partial charge in [0.25, 0.3) is 5.91 Å². The Kier molecular flexibility index (Phi) is 3.68. The van der Waals surface area contributed by atoms with E-state index in [9.17, 15) is 4.79 Å². The highest BCUT2D eigenvalue weighted by molar-refractivity contribution is 7.80. The number of nitrogens with one attached hydrogen (secondary N) is 1. The van der Waals surface area contributed by atoms with Crippen LogP contribution in [0.25, 0.3) is 10.1 Å². The van der Waals surface area contributed by atoms with E-state index in [2.05, 4.69) is 5.32 Å². The van der Waals surface area contributed by atoms with E-state index in [0.717, 1.165) is 21.3 Å². The predicted molar refractivity (Wildman–Crippen MR) is 92.1 cm³/mol. The van der Waals surface area contributed by atoms with E-state index < -0.39 is 0 Å². The Morgan fingerprint density at radius 3 is 2.48 bits per heavy atom. The summed E-state index contributed by atoms with van der Waals surface area (Å²) in [6.45, 7) is 0. The number of benzene rings is 2. The van der Waals surface area contributed by atoms with Crippen LogP contribution < -0.4 is 11.1 Å². The van der Waals surface area contributed by atoms with Crippen LogP contribution in [0.15, 0.2) is 54.6 Å². The number of thiocarbonyl (C=S) groups is 1. The van der Waals surface area contributed by atoms with Crippen LogP contribution in [0.2, 0.25) is 0 Å². The SMILES string of the molecule is NC(=S)c1ccc(NC(=O)c2cc3ccccc3s2)cc1. The van der Waals surface area contributed by atoms with Crippen molar-refractivity contribution in [2.24, 2.45) is 5.73 Å². The van der Waals surface area contributed by atoms with Crippen LogP contribution in [0.5, 0.6) is 0 Å². The number of anilines is 1. The van der Waals surface area contributed by atoms with Gasteiger partial charge in [0.1, 0.15) is 4.99 Å². The quantitative estimate of drug-likeness (QED) is 0.724. The molecule has 0 atom stereocenters. The molecule has 0 spiro atoms. The highest BCUT2D eigenvalue weighted by atomic mass is 32.1. The molecule has 0 unspecified atom stereocenters. The molecular formula is C16H12N2OS2. The molecule has 5 heteroatoms. The van der Waals surface area contributed by atoms with Gasteiger partial charge in [0, 0.05) is 16.0 Å². The van der Waals surface area contributed by atoms with Crippen molar-refractivity contribution >= 4 is 50.2 Å². The number of fused-ring (bicyclic) bond motifs is 1. The molecule has 0 fully saturated rings. The number of rotatable bonds is 3. The van der Waals surface area contributed by atoms with Gasteiger partial charge in [-0.3, -0.25) is 4.79 Å². The molecule has 104 valence electrons. The van der Waals surface area contributed by atoms with Gasteiger partial charge in [-0.25, -0.2) is 0 Å². The molecule has 0 aliphatic heterocycles. The van der Waals surface area contributed by atoms with E-state index in [1.807, 2.05) is 30.3 Å². The number of hydrogen-bond donors (Lipinski definition) is 2. The fourth-order valence-corrected chi connectivity index (χ4v) is 3.10. The summed E-state index contributed by atoms with van der Waals surface area (Å²) in [6.07, 6.45) is 0. The maximum absolute atomic E-state index is 12.3. The number of nitrogens with two attached hydrogens (primary N) is 1. The third kappa shape index (κ3) is 2.94. The minimum atomic E-state index is -0.112. The first-order valence-electron chi connectivity index (χ1n) is 6.33. The molecule has 0 radical (unpaired) electrons. The summed E-state index contributed by atoms with van der Waals surface area (Å²) < 4.78 is 1.10. The van der Waals surface area contributed by atoms with Gasteiger partial charge in [-0.15, -0.1) is 11.3 Å². The molecule has 0 saturated heterocycles. The topological polar surface area (TPSA) is 55.1 Å². The second kappa shape index (κ2) is 5.63. The number of hydrogen-bond acceptors (Lipinski definition) is 3. The molecule has 1 amide bonds. The molecule has 3 rings (SSSR count). The maximum atomic E-state index is 12.3. The van der Waals surface area contributed by atoms with E-state index in [0.29, 0.717) is 9.87 Å². The molecule has 3 nitrogen and oxygen atoms in total. The molecule has 0 bridgehead atoms. The summed E-state index contributed by atoms with van der Waals surface area (Å²) in [6, 6.07) is 17.0. The van der Waals surface area contributed by atoms with E-state index in [-0.39, 0.29) is 5.91 Å². The van der Waals surface area contributed by atoms with Crippen LogP contribution in [0.4, 0.5) is 5.69 Å². The monoisotopic (exact) mass is 312 g/mol. The lowest BCUT2D eigenvalue weighted by Gasteiger charge is -2.04. The number of thiophene rings is 1. The summed E-state index contributed by atoms with van der Waals surface area (Å²) in [7, 11) is 0. The van der Waals surface area contributed by atoms with Crippen molar-refractivity contribution in [2.75, 3.05) is 5.32 Å². The first kappa shape index (κ1) is 13.7. The van der Waals surface area contributed by atoms with Crippen molar-refractivity contribution in [3.63, 3.8) is 0 Å². The Bertz CT molecular complexity index is 789. The lowest BCUT2D eigenvalue weighted by Crippen LogP contribution is -2.11. The Morgan fingerprint density at radius 2 is 1.81 bits per heavy atom. The second-order valence-electron chi connectivity index (χ2n) is 4.54. The molecule has 0 saturated carbocycles. The predicted octanol–water partition coefficient (Wildman–Crippen LogP) is 3.79. The zero-order valence-electron chi connectivity index (χ0n) is 11.0. The molecule has 0 aliphatic carbocycles. The minimum Gasteiger partial charge on any atom is -0.389 e. The summed E-state index contributed by atoms with van der Waals surface area (Å²) >= 11 is 6.38. The van der Waals surface area contributed by atoms with Crippen molar-refractivity contribution in [3.05, 3.63) is 65.0 Å². The average Bonchev–Trinajstić information content (AvgIpc) is 2.92. The molecule has 0 aliphatic rings. The van der Waals surface area contributed by atoms with Crippen molar-refractivity contribution in [2.45, 2.75) is 0 Å². The minimum absolute atomic E-state index is 0.112. The van der Waals surface area contributed by atoms with Gasteiger partial charge in [0.05, 0.1) is 4.88 Å². The Labute approximate surface area is 131 Å². The van der Waals surface area contributed by atoms with Gasteiger partial charge in [-0.05, 0) is 41.8 Å². The van der Waals surface area contributed by atoms with E-state index in [1.54, 1.807) is 24.3 Å². The average molecular weight is 312 g/mol. The maximum Gasteiger partial charge on any atom is 0.265 e. The van der Waals surface area contributed by atoms with Gasteiger partial charge >= 0.3 is 0 Å². The number of carbonyl (C=O) groups excluding carboxylic acids is 1. The third-order valence-electron chi connectivity index (χ3n) is 3.08. The van der Waals surface area contributed by atoms with Crippen LogP contribution >= 0.6 is 23.6 Å².